The van der Waals surface area contributed by atoms with Gasteiger partial charge in [0.25, 0.3) is 0 Å². The summed E-state index contributed by atoms with van der Waals surface area (Å²) in [5, 5.41) is 0. The summed E-state index contributed by atoms with van der Waals surface area (Å²) in [6.07, 6.45) is 2.92. The number of carbonyl (C=O) groups excluding carboxylic acids is 2. The van der Waals surface area contributed by atoms with Crippen LogP contribution in [0.4, 0.5) is 0 Å². The van der Waals surface area contributed by atoms with Crippen LogP contribution in [0, 0.1) is 5.41 Å². The first-order chi connectivity index (χ1) is 8.74. The number of esters is 2. The zero-order valence-electron chi connectivity index (χ0n) is 12.7. The van der Waals surface area contributed by atoms with Crippen LogP contribution in [0.1, 0.15) is 66.7 Å². The van der Waals surface area contributed by atoms with Crippen LogP contribution >= 0.6 is 0 Å². The predicted octanol–water partition coefficient (Wildman–Crippen LogP) is 3.23. The molecule has 0 amide bonds. The Bertz CT molecular complexity index is 348. The van der Waals surface area contributed by atoms with Crippen molar-refractivity contribution < 1.29 is 19.1 Å². The van der Waals surface area contributed by atoms with Crippen LogP contribution < -0.4 is 0 Å². The van der Waals surface area contributed by atoms with E-state index >= 15 is 0 Å². The van der Waals surface area contributed by atoms with E-state index in [4.69, 9.17) is 9.47 Å². The summed E-state index contributed by atoms with van der Waals surface area (Å²) in [5.41, 5.74) is -0.973. The minimum Gasteiger partial charge on any atom is -0.457 e. The molecule has 0 radical (unpaired) electrons. The molecular weight excluding hydrogens is 244 g/mol. The van der Waals surface area contributed by atoms with E-state index in [0.717, 1.165) is 19.3 Å². The maximum atomic E-state index is 12.0. The lowest BCUT2D eigenvalue weighted by Crippen LogP contribution is -2.37. The van der Waals surface area contributed by atoms with Crippen molar-refractivity contribution in [2.45, 2.75) is 78.4 Å². The number of hydrogen-bond donors (Lipinski definition) is 0. The largest absolute Gasteiger partial charge is 0.457 e. The summed E-state index contributed by atoms with van der Waals surface area (Å²) in [4.78, 5) is 24.1. The quantitative estimate of drug-likeness (QED) is 0.736. The molecule has 0 bridgehead atoms. The van der Waals surface area contributed by atoms with Gasteiger partial charge in [-0.25, -0.2) is 4.79 Å². The Balaban J connectivity index is 2.70. The maximum absolute atomic E-state index is 12.0. The van der Waals surface area contributed by atoms with Gasteiger partial charge in [0.2, 0.25) is 0 Å². The van der Waals surface area contributed by atoms with Crippen molar-refractivity contribution in [1.29, 1.82) is 0 Å². The molecule has 4 nitrogen and oxygen atoms in total. The Labute approximate surface area is 115 Å². The zero-order valence-corrected chi connectivity index (χ0v) is 12.7. The molecule has 0 N–H and O–H groups in total. The Kier molecular flexibility index (Phi) is 4.99. The van der Waals surface area contributed by atoms with Crippen LogP contribution in [0.25, 0.3) is 0 Å². The minimum atomic E-state index is -0.744. The van der Waals surface area contributed by atoms with Crippen molar-refractivity contribution in [3.05, 3.63) is 0 Å². The summed E-state index contributed by atoms with van der Waals surface area (Å²) in [7, 11) is 0. The van der Waals surface area contributed by atoms with E-state index in [2.05, 4.69) is 0 Å². The fraction of sp³-hybridized carbons (Fsp3) is 0.867. The average molecular weight is 270 g/mol. The lowest BCUT2D eigenvalue weighted by molar-refractivity contribution is -0.180. The Morgan fingerprint density at radius 3 is 2.63 bits per heavy atom. The Hall–Kier alpha value is -1.06. The fourth-order valence-corrected chi connectivity index (χ4v) is 1.93. The number of rotatable bonds is 4. The summed E-state index contributed by atoms with van der Waals surface area (Å²) in [5.74, 6) is -0.723. The number of hydrogen-bond acceptors (Lipinski definition) is 4. The predicted molar refractivity (Wildman–Crippen MR) is 72.6 cm³/mol. The highest BCUT2D eigenvalue weighted by Gasteiger charge is 2.38. The molecule has 0 aromatic carbocycles. The van der Waals surface area contributed by atoms with Crippen molar-refractivity contribution in [3.63, 3.8) is 0 Å². The van der Waals surface area contributed by atoms with Gasteiger partial charge in [-0.05, 0) is 52.9 Å². The number of ether oxygens (including phenoxy) is 2. The van der Waals surface area contributed by atoms with Crippen LogP contribution in [0.3, 0.4) is 0 Å². The highest BCUT2D eigenvalue weighted by atomic mass is 16.6. The highest BCUT2D eigenvalue weighted by Crippen LogP contribution is 2.30. The highest BCUT2D eigenvalue weighted by molar-refractivity contribution is 5.82. The summed E-state index contributed by atoms with van der Waals surface area (Å²) in [6.45, 7) is 9.52. The lowest BCUT2D eigenvalue weighted by Gasteiger charge is -2.27. The first kappa shape index (κ1) is 16.0. The zero-order chi connectivity index (χ0) is 14.7. The van der Waals surface area contributed by atoms with Gasteiger partial charge >= 0.3 is 11.9 Å². The Morgan fingerprint density at radius 1 is 1.47 bits per heavy atom. The fourth-order valence-electron chi connectivity index (χ4n) is 1.93. The van der Waals surface area contributed by atoms with E-state index in [1.54, 1.807) is 0 Å². The van der Waals surface area contributed by atoms with Crippen LogP contribution in [0.2, 0.25) is 0 Å². The SMILES string of the molecule is CCC1(C)CCCC(OC(=O)C(C)(C)CC)C(=O)O1. The molecule has 0 aromatic heterocycles. The van der Waals surface area contributed by atoms with Crippen LogP contribution in [0.5, 0.6) is 0 Å². The molecule has 1 saturated heterocycles. The minimum absolute atomic E-state index is 0.322. The second-order valence-electron chi connectivity index (χ2n) is 6.25. The van der Waals surface area contributed by atoms with E-state index in [-0.39, 0.29) is 5.97 Å². The van der Waals surface area contributed by atoms with Gasteiger partial charge in [-0.15, -0.1) is 0 Å². The monoisotopic (exact) mass is 270 g/mol. The molecule has 0 saturated carbocycles. The summed E-state index contributed by atoms with van der Waals surface area (Å²) >= 11 is 0. The Morgan fingerprint density at radius 2 is 2.11 bits per heavy atom. The third-order valence-electron chi connectivity index (χ3n) is 4.22. The molecular formula is C15H26O4. The van der Waals surface area contributed by atoms with Gasteiger partial charge in [0.15, 0.2) is 6.10 Å². The summed E-state index contributed by atoms with van der Waals surface area (Å²) < 4.78 is 10.9. The van der Waals surface area contributed by atoms with Gasteiger partial charge in [0.05, 0.1) is 5.41 Å². The average Bonchev–Trinajstić information content (AvgIpc) is 2.50. The van der Waals surface area contributed by atoms with Crippen molar-refractivity contribution in [1.82, 2.24) is 0 Å². The molecule has 2 unspecified atom stereocenters. The molecule has 1 fully saturated rings. The van der Waals surface area contributed by atoms with Crippen molar-refractivity contribution in [2.24, 2.45) is 5.41 Å². The normalized spacial score (nSPS) is 28.5. The van der Waals surface area contributed by atoms with E-state index in [1.165, 1.54) is 0 Å². The third-order valence-corrected chi connectivity index (χ3v) is 4.22. The molecule has 1 aliphatic heterocycles. The second kappa shape index (κ2) is 5.93. The van der Waals surface area contributed by atoms with Crippen molar-refractivity contribution in [2.75, 3.05) is 0 Å². The molecule has 110 valence electrons. The van der Waals surface area contributed by atoms with Crippen LogP contribution in [0.15, 0.2) is 0 Å². The van der Waals surface area contributed by atoms with Gasteiger partial charge < -0.3 is 9.47 Å². The molecule has 2 atom stereocenters. The second-order valence-corrected chi connectivity index (χ2v) is 6.25. The molecule has 4 heteroatoms. The molecule has 0 aliphatic carbocycles. The van der Waals surface area contributed by atoms with E-state index in [9.17, 15) is 9.59 Å². The van der Waals surface area contributed by atoms with Gasteiger partial charge in [-0.3, -0.25) is 4.79 Å². The third kappa shape index (κ3) is 3.95. The van der Waals surface area contributed by atoms with Gasteiger partial charge in [-0.2, -0.15) is 0 Å². The molecule has 1 aliphatic rings. The molecule has 0 spiro atoms. The molecule has 1 rings (SSSR count). The van der Waals surface area contributed by atoms with Crippen molar-refractivity contribution in [3.8, 4) is 0 Å². The molecule has 19 heavy (non-hydrogen) atoms. The first-order valence-corrected chi connectivity index (χ1v) is 7.18. The van der Waals surface area contributed by atoms with Crippen molar-refractivity contribution >= 4 is 11.9 Å². The standard InChI is InChI=1S/C15H26O4/c1-6-14(3,4)13(17)18-11-9-8-10-15(5,7-2)19-12(11)16/h11H,6-10H2,1-5H3. The summed E-state index contributed by atoms with van der Waals surface area (Å²) in [6, 6.07) is 0. The van der Waals surface area contributed by atoms with E-state index in [1.807, 2.05) is 34.6 Å². The molecule has 0 aromatic rings. The lowest BCUT2D eigenvalue weighted by atomic mass is 9.90. The maximum Gasteiger partial charge on any atom is 0.347 e. The van der Waals surface area contributed by atoms with Gasteiger partial charge in [0, 0.05) is 0 Å². The van der Waals surface area contributed by atoms with Gasteiger partial charge in [0.1, 0.15) is 5.60 Å². The van der Waals surface area contributed by atoms with Crippen LogP contribution in [-0.4, -0.2) is 23.6 Å². The van der Waals surface area contributed by atoms with E-state index < -0.39 is 23.1 Å². The first-order valence-electron chi connectivity index (χ1n) is 7.18. The number of cyclic esters (lactones) is 1. The van der Waals surface area contributed by atoms with Crippen LogP contribution in [-0.2, 0) is 19.1 Å². The van der Waals surface area contributed by atoms with Gasteiger partial charge in [-0.1, -0.05) is 13.8 Å². The topological polar surface area (TPSA) is 52.6 Å². The smallest absolute Gasteiger partial charge is 0.347 e. The number of carbonyl (C=O) groups is 2. The van der Waals surface area contributed by atoms with E-state index in [0.29, 0.717) is 12.8 Å². The molecule has 1 heterocycles.